The van der Waals surface area contributed by atoms with Crippen LogP contribution in [0.5, 0.6) is 0 Å². The molecule has 12 heterocycles. The Labute approximate surface area is 710 Å². The molecule has 0 atom stereocenters. The minimum Gasteiger partial charge on any atom is -0.275 e. The summed E-state index contributed by atoms with van der Waals surface area (Å²) in [5.41, 5.74) is 6.28. The van der Waals surface area contributed by atoms with Crippen LogP contribution in [0.3, 0.4) is 0 Å². The van der Waals surface area contributed by atoms with Crippen molar-refractivity contribution in [1.82, 2.24) is 9.80 Å². The molecule has 0 bridgehead atoms. The van der Waals surface area contributed by atoms with E-state index in [1.165, 1.54) is 170 Å². The first-order chi connectivity index (χ1) is 60.3. The number of benzene rings is 6. The number of rotatable bonds is 17. The molecule has 0 radical (unpaired) electrons. The number of carbonyl (C=O) groups is 24. The predicted octanol–water partition coefficient (Wildman–Crippen LogP) is 4.24. The van der Waals surface area contributed by atoms with Gasteiger partial charge in [0.05, 0.1) is 56.9 Å². The zero-order valence-corrected chi connectivity index (χ0v) is 65.3. The van der Waals surface area contributed by atoms with E-state index < -0.39 is 94.5 Å². The van der Waals surface area contributed by atoms with Crippen LogP contribution in [0.1, 0.15) is 29.5 Å². The molecule has 24 amide bonds. The molecule has 126 heavy (non-hydrogen) atoms. The smallest absolute Gasteiger partial charge is 0.258 e. The summed E-state index contributed by atoms with van der Waals surface area (Å²) in [4.78, 5) is 290. The highest BCUT2D eigenvalue weighted by Gasteiger charge is 2.37. The molecular formula is C90H60N12O24. The maximum atomic E-state index is 11.8. The lowest BCUT2D eigenvalue weighted by Gasteiger charge is -2.22. The van der Waals surface area contributed by atoms with E-state index in [-0.39, 0.29) is 58.6 Å². The van der Waals surface area contributed by atoms with E-state index in [4.69, 9.17) is 0 Å². The summed E-state index contributed by atoms with van der Waals surface area (Å²) < 4.78 is 0. The molecule has 0 saturated carbocycles. The van der Waals surface area contributed by atoms with Crippen LogP contribution < -0.4 is 49.0 Å². The standard InChI is InChI=1S/C21H14N2O4.C15H10N2O4.3C14H8N2O4.C12H12N2O4/c24-18-9-10-19(25)22(18)16-5-1-14(2-6-16)13-15-3-7-17(8-4-15)23-20(26)11-12-21(23)27;1-9-2-3-10(16-12(18)4-5-13(16)19)8-11(9)17-14(20)6-7-15(17)21;17-11-5-6-12(18)15(11)9-1-2-10(4-3-9)16-13(19)7-8-14(16)20;17-11-4-5-12(18)15(11)9-2-1-3-10(8-9)16-13(19)6-7-14(16)20;17-11-5-6-12(18)15(11)9-3-1-2-4-10(9)16-13(19)7-8-14(16)20;15-9-3-4-10(16)13(9)7-1-2-8-14-11(17)5-6-12(14)18/h1-12H,13H2;2-8H,1H3;3*1-8H;3-6H,1-2,7-8H2. The van der Waals surface area contributed by atoms with Crippen LogP contribution in [0.4, 0.5) is 56.9 Å². The summed E-state index contributed by atoms with van der Waals surface area (Å²) >= 11 is 0. The second-order valence-electron chi connectivity index (χ2n) is 27.5. The number of imide groups is 12. The molecule has 0 N–H and O–H groups in total. The molecule has 12 aliphatic heterocycles. The third-order valence-corrected chi connectivity index (χ3v) is 19.5. The van der Waals surface area contributed by atoms with Crippen LogP contribution in [0.25, 0.3) is 0 Å². The van der Waals surface area contributed by atoms with Gasteiger partial charge >= 0.3 is 0 Å². The number of hydrogen-bond acceptors (Lipinski definition) is 24. The van der Waals surface area contributed by atoms with Crippen molar-refractivity contribution in [3.63, 3.8) is 0 Å². The van der Waals surface area contributed by atoms with Crippen LogP contribution in [0.15, 0.2) is 285 Å². The summed E-state index contributed by atoms with van der Waals surface area (Å²) in [6, 6.07) is 37.6. The minimum absolute atomic E-state index is 0.206. The topological polar surface area (TPSA) is 449 Å². The quantitative estimate of drug-likeness (QED) is 0.0910. The zero-order valence-electron chi connectivity index (χ0n) is 65.3. The van der Waals surface area contributed by atoms with E-state index >= 15 is 0 Å². The Morgan fingerprint density at radius 3 is 0.611 bits per heavy atom. The summed E-state index contributed by atoms with van der Waals surface area (Å²) in [6.45, 7) is 2.37. The first-order valence-corrected chi connectivity index (χ1v) is 37.6. The van der Waals surface area contributed by atoms with E-state index in [0.717, 1.165) is 94.2 Å². The molecule has 0 spiro atoms. The third kappa shape index (κ3) is 18.2. The monoisotopic (exact) mass is 1690 g/mol. The molecule has 0 aromatic heterocycles. The molecule has 0 unspecified atom stereocenters. The van der Waals surface area contributed by atoms with Crippen molar-refractivity contribution in [3.05, 3.63) is 302 Å². The van der Waals surface area contributed by atoms with Gasteiger partial charge in [-0.2, -0.15) is 0 Å². The highest BCUT2D eigenvalue weighted by atomic mass is 16.2. The van der Waals surface area contributed by atoms with Crippen molar-refractivity contribution in [2.45, 2.75) is 26.2 Å². The Kier molecular flexibility index (Phi) is 24.9. The average molecular weight is 1690 g/mol. The van der Waals surface area contributed by atoms with Crippen LogP contribution in [0.2, 0.25) is 0 Å². The number of unbranched alkanes of at least 4 members (excludes halogenated alkanes) is 1. The lowest BCUT2D eigenvalue weighted by molar-refractivity contribution is -0.139. The lowest BCUT2D eigenvalue weighted by atomic mass is 10.0. The van der Waals surface area contributed by atoms with Gasteiger partial charge in [0, 0.05) is 159 Å². The minimum atomic E-state index is -0.505. The number of amides is 24. The van der Waals surface area contributed by atoms with Gasteiger partial charge < -0.3 is 0 Å². The predicted molar refractivity (Wildman–Crippen MR) is 443 cm³/mol. The second-order valence-corrected chi connectivity index (χ2v) is 27.5. The van der Waals surface area contributed by atoms with Gasteiger partial charge in [-0.25, -0.2) is 49.0 Å². The molecule has 6 aromatic rings. The van der Waals surface area contributed by atoms with Crippen molar-refractivity contribution in [3.8, 4) is 0 Å². The van der Waals surface area contributed by atoms with Gasteiger partial charge in [-0.05, 0) is 134 Å². The van der Waals surface area contributed by atoms with Gasteiger partial charge in [-0.15, -0.1) is 0 Å². The third-order valence-electron chi connectivity index (χ3n) is 19.5. The maximum absolute atomic E-state index is 11.8. The average Bonchev–Trinajstić information content (AvgIpc) is 1.64. The SMILES string of the molecule is Cc1ccc(N2C(=O)C=CC2=O)cc1N1C(=O)C=CC1=O.O=C1C=CC(=O)N1CCCCN1C(=O)C=CC1=O.O=C1C=CC(=O)N1c1ccc(Cc2ccc(N3C(=O)C=CC3=O)cc2)cc1.O=C1C=CC(=O)N1c1ccc(N2C(=O)C=CC2=O)cc1.O=C1C=CC(=O)N1c1cccc(N2C(=O)C=CC2=O)c1.O=C1C=CC(=O)N1c1ccccc1N1C(=O)C=CC1=O. The van der Waals surface area contributed by atoms with Gasteiger partial charge in [-0.1, -0.05) is 48.5 Å². The van der Waals surface area contributed by atoms with E-state index in [1.807, 2.05) is 24.3 Å². The van der Waals surface area contributed by atoms with Crippen LogP contribution in [0, 0.1) is 6.92 Å². The van der Waals surface area contributed by atoms with Crippen molar-refractivity contribution >= 4 is 199 Å². The van der Waals surface area contributed by atoms with Crippen LogP contribution in [-0.2, 0) is 121 Å². The Morgan fingerprint density at radius 2 is 0.365 bits per heavy atom. The van der Waals surface area contributed by atoms with Crippen molar-refractivity contribution in [2.24, 2.45) is 0 Å². The molecule has 6 aromatic carbocycles. The number of para-hydroxylation sites is 2. The normalized spacial score (nSPS) is 17.5. The number of anilines is 10. The molecule has 18 rings (SSSR count). The summed E-state index contributed by atoms with van der Waals surface area (Å²) in [5.74, 6) is -9.93. The second kappa shape index (κ2) is 36.6. The fraction of sp³-hybridized carbons (Fsp3) is 0.0667. The van der Waals surface area contributed by atoms with E-state index in [2.05, 4.69) is 0 Å². The van der Waals surface area contributed by atoms with Crippen molar-refractivity contribution < 1.29 is 115 Å². The van der Waals surface area contributed by atoms with E-state index in [9.17, 15) is 115 Å². The molecule has 0 fully saturated rings. The number of hydrogen-bond donors (Lipinski definition) is 0. The van der Waals surface area contributed by atoms with Gasteiger partial charge in [0.15, 0.2) is 0 Å². The maximum Gasteiger partial charge on any atom is 0.258 e. The molecule has 12 aliphatic rings. The highest BCUT2D eigenvalue weighted by Crippen LogP contribution is 2.36. The fourth-order valence-electron chi connectivity index (χ4n) is 13.4. The molecule has 36 heteroatoms. The molecule has 0 saturated heterocycles. The fourth-order valence-corrected chi connectivity index (χ4v) is 13.4. The Balaban J connectivity index is 0.000000130. The van der Waals surface area contributed by atoms with Gasteiger partial charge in [0.25, 0.3) is 142 Å². The summed E-state index contributed by atoms with van der Waals surface area (Å²) in [6.07, 6.45) is 30.5. The Hall–Kier alpha value is -18.1. The number of nitrogens with zero attached hydrogens (tertiary/aromatic N) is 12. The molecule has 0 aliphatic carbocycles. The lowest BCUT2D eigenvalue weighted by Crippen LogP contribution is -2.35. The first-order valence-electron chi connectivity index (χ1n) is 37.6. The molecular weight excluding hydrogens is 1630 g/mol. The van der Waals surface area contributed by atoms with Crippen molar-refractivity contribution in [2.75, 3.05) is 62.1 Å². The molecule has 36 nitrogen and oxygen atoms in total. The van der Waals surface area contributed by atoms with Gasteiger partial charge in [0.2, 0.25) is 0 Å². The largest absolute Gasteiger partial charge is 0.275 e. The Bertz CT molecular complexity index is 5810. The van der Waals surface area contributed by atoms with E-state index in [0.29, 0.717) is 83.4 Å². The Morgan fingerprint density at radius 1 is 0.175 bits per heavy atom. The van der Waals surface area contributed by atoms with E-state index in [1.54, 1.807) is 73.7 Å². The van der Waals surface area contributed by atoms with Gasteiger partial charge in [0.1, 0.15) is 0 Å². The summed E-state index contributed by atoms with van der Waals surface area (Å²) in [5, 5.41) is 0. The zero-order chi connectivity index (χ0) is 90.1. The van der Waals surface area contributed by atoms with Gasteiger partial charge in [-0.3, -0.25) is 125 Å². The number of carbonyl (C=O) groups excluding carboxylic acids is 24. The summed E-state index contributed by atoms with van der Waals surface area (Å²) in [7, 11) is 0. The molecule has 624 valence electrons. The van der Waals surface area contributed by atoms with Crippen molar-refractivity contribution in [1.29, 1.82) is 0 Å². The number of aryl methyl sites for hydroxylation is 1. The first kappa shape index (κ1) is 85.8. The van der Waals surface area contributed by atoms with Crippen LogP contribution in [-0.4, -0.2) is 165 Å². The highest BCUT2D eigenvalue weighted by molar-refractivity contribution is 6.36. The van der Waals surface area contributed by atoms with Crippen LogP contribution >= 0.6 is 0 Å².